The van der Waals surface area contributed by atoms with Gasteiger partial charge in [-0.2, -0.15) is 5.10 Å². The first-order valence-corrected chi connectivity index (χ1v) is 8.24. The number of aromatic nitrogens is 3. The lowest BCUT2D eigenvalue weighted by Crippen LogP contribution is -2.29. The van der Waals surface area contributed by atoms with Gasteiger partial charge in [0.2, 0.25) is 0 Å². The molecule has 1 aromatic heterocycles. The van der Waals surface area contributed by atoms with Crippen LogP contribution in [0.5, 0.6) is 5.75 Å². The van der Waals surface area contributed by atoms with E-state index in [1.165, 1.54) is 19.3 Å². The highest BCUT2D eigenvalue weighted by Gasteiger charge is 2.28. The van der Waals surface area contributed by atoms with E-state index in [0.717, 1.165) is 23.0 Å². The molecule has 0 saturated heterocycles. The zero-order valence-electron chi connectivity index (χ0n) is 14.1. The zero-order chi connectivity index (χ0) is 16.4. The van der Waals surface area contributed by atoms with Crippen molar-refractivity contribution in [2.45, 2.75) is 57.6 Å². The van der Waals surface area contributed by atoms with Crippen molar-refractivity contribution in [2.24, 2.45) is 0 Å². The molecule has 0 amide bonds. The molecular formula is C18H25N3O2. The van der Waals surface area contributed by atoms with Gasteiger partial charge in [0, 0.05) is 17.9 Å². The van der Waals surface area contributed by atoms with E-state index in [1.54, 1.807) is 21.0 Å². The maximum atomic E-state index is 10.1. The number of nitrogens with zero attached hydrogens (tertiary/aromatic N) is 3. The Morgan fingerprint density at radius 3 is 2.65 bits per heavy atom. The maximum absolute atomic E-state index is 10.1. The summed E-state index contributed by atoms with van der Waals surface area (Å²) in [5.74, 6) is 3.15. The Morgan fingerprint density at radius 1 is 1.30 bits per heavy atom. The van der Waals surface area contributed by atoms with Gasteiger partial charge in [-0.05, 0) is 32.8 Å². The number of rotatable bonds is 6. The molecule has 1 heterocycles. The third kappa shape index (κ3) is 3.72. The Hall–Kier alpha value is -1.88. The fourth-order valence-corrected chi connectivity index (χ4v) is 2.95. The second-order valence-corrected chi connectivity index (χ2v) is 6.97. The lowest BCUT2D eigenvalue weighted by molar-refractivity contribution is 0.0556. The minimum Gasteiger partial charge on any atom is -0.496 e. The highest BCUT2D eigenvalue weighted by Crippen LogP contribution is 2.36. The maximum Gasteiger partial charge on any atom is 0.155 e. The van der Waals surface area contributed by atoms with Gasteiger partial charge in [0.15, 0.2) is 5.82 Å². The van der Waals surface area contributed by atoms with E-state index in [0.29, 0.717) is 18.9 Å². The molecule has 1 aliphatic carbocycles. The molecule has 0 spiro atoms. The van der Waals surface area contributed by atoms with E-state index in [9.17, 15) is 5.11 Å². The Morgan fingerprint density at radius 2 is 2.04 bits per heavy atom. The summed E-state index contributed by atoms with van der Waals surface area (Å²) >= 11 is 0. The molecule has 1 saturated carbocycles. The molecule has 5 heteroatoms. The van der Waals surface area contributed by atoms with E-state index < -0.39 is 5.60 Å². The van der Waals surface area contributed by atoms with Crippen molar-refractivity contribution >= 4 is 0 Å². The summed E-state index contributed by atoms with van der Waals surface area (Å²) in [5.41, 5.74) is 0.282. The molecule has 0 unspecified atom stereocenters. The van der Waals surface area contributed by atoms with Gasteiger partial charge < -0.3 is 9.84 Å². The van der Waals surface area contributed by atoms with Crippen molar-refractivity contribution in [2.75, 3.05) is 7.11 Å². The number of methoxy groups -OCH3 is 1. The number of hydrogen-bond acceptors (Lipinski definition) is 4. The van der Waals surface area contributed by atoms with Gasteiger partial charge >= 0.3 is 0 Å². The molecule has 1 N–H and O–H groups in total. The normalized spacial score (nSPS) is 15.5. The topological polar surface area (TPSA) is 60.2 Å². The Labute approximate surface area is 137 Å². The van der Waals surface area contributed by atoms with Crippen molar-refractivity contribution in [3.8, 4) is 5.75 Å². The molecule has 5 nitrogen and oxygen atoms in total. The van der Waals surface area contributed by atoms with Crippen molar-refractivity contribution in [1.82, 2.24) is 14.8 Å². The molecule has 1 aliphatic rings. The molecule has 0 aliphatic heterocycles. The fourth-order valence-electron chi connectivity index (χ4n) is 2.95. The second kappa shape index (κ2) is 6.32. The monoisotopic (exact) mass is 315 g/mol. The predicted molar refractivity (Wildman–Crippen MR) is 88.7 cm³/mol. The molecule has 3 rings (SSSR count). The smallest absolute Gasteiger partial charge is 0.155 e. The van der Waals surface area contributed by atoms with Crippen LogP contribution in [0.3, 0.4) is 0 Å². The lowest BCUT2D eigenvalue weighted by atomic mass is 9.85. The SMILES string of the molecule is COc1ccccc1Cc1nc(C2CCC2)n(CC(C)(C)O)n1. The van der Waals surface area contributed by atoms with E-state index in [4.69, 9.17) is 9.72 Å². The van der Waals surface area contributed by atoms with Crippen LogP contribution in [-0.2, 0) is 13.0 Å². The highest BCUT2D eigenvalue weighted by atomic mass is 16.5. The number of ether oxygens (including phenoxy) is 1. The Bertz CT molecular complexity index is 669. The summed E-state index contributed by atoms with van der Waals surface area (Å²) in [6, 6.07) is 7.95. The van der Waals surface area contributed by atoms with Crippen molar-refractivity contribution in [3.63, 3.8) is 0 Å². The van der Waals surface area contributed by atoms with Crippen molar-refractivity contribution in [3.05, 3.63) is 41.5 Å². The van der Waals surface area contributed by atoms with Gasteiger partial charge in [0.05, 0.1) is 19.3 Å². The number of para-hydroxylation sites is 1. The first-order valence-electron chi connectivity index (χ1n) is 8.24. The van der Waals surface area contributed by atoms with Crippen molar-refractivity contribution in [1.29, 1.82) is 0 Å². The number of hydrogen-bond donors (Lipinski definition) is 1. The van der Waals surface area contributed by atoms with Crippen LogP contribution in [0.4, 0.5) is 0 Å². The molecule has 0 bridgehead atoms. The van der Waals surface area contributed by atoms with Gasteiger partial charge in [-0.1, -0.05) is 24.6 Å². The third-order valence-corrected chi connectivity index (χ3v) is 4.29. The summed E-state index contributed by atoms with van der Waals surface area (Å²) < 4.78 is 7.31. The van der Waals surface area contributed by atoms with Gasteiger partial charge in [0.1, 0.15) is 11.6 Å². The summed E-state index contributed by atoms with van der Waals surface area (Å²) in [7, 11) is 1.68. The fraction of sp³-hybridized carbons (Fsp3) is 0.556. The summed E-state index contributed by atoms with van der Waals surface area (Å²) in [4.78, 5) is 4.77. The largest absolute Gasteiger partial charge is 0.496 e. The first-order chi connectivity index (χ1) is 11.0. The van der Waals surface area contributed by atoms with Crippen molar-refractivity contribution < 1.29 is 9.84 Å². The highest BCUT2D eigenvalue weighted by molar-refractivity contribution is 5.35. The quantitative estimate of drug-likeness (QED) is 0.890. The number of benzene rings is 1. The van der Waals surface area contributed by atoms with Crippen LogP contribution in [0.2, 0.25) is 0 Å². The van der Waals surface area contributed by atoms with Crippen LogP contribution >= 0.6 is 0 Å². The van der Waals surface area contributed by atoms with E-state index in [-0.39, 0.29) is 0 Å². The van der Waals surface area contributed by atoms with Crippen LogP contribution < -0.4 is 4.74 Å². The molecule has 2 aromatic rings. The molecule has 124 valence electrons. The molecule has 1 fully saturated rings. The lowest BCUT2D eigenvalue weighted by Gasteiger charge is -2.26. The summed E-state index contributed by atoms with van der Waals surface area (Å²) in [6.45, 7) is 4.08. The summed E-state index contributed by atoms with van der Waals surface area (Å²) in [6.07, 6.45) is 4.22. The predicted octanol–water partition coefficient (Wildman–Crippen LogP) is 2.92. The van der Waals surface area contributed by atoms with Gasteiger partial charge in [-0.15, -0.1) is 0 Å². The standard InChI is InChI=1S/C18H25N3O2/c1-18(2,22)12-21-17(13-8-6-9-13)19-16(20-21)11-14-7-4-5-10-15(14)23-3/h4-5,7,10,13,22H,6,8-9,11-12H2,1-3H3. The van der Waals surface area contributed by atoms with E-state index in [1.807, 2.05) is 28.9 Å². The molecule has 23 heavy (non-hydrogen) atoms. The minimum atomic E-state index is -0.798. The summed E-state index contributed by atoms with van der Waals surface area (Å²) in [5, 5.41) is 14.8. The van der Waals surface area contributed by atoms with E-state index in [2.05, 4.69) is 5.10 Å². The Kier molecular flexibility index (Phi) is 4.39. The van der Waals surface area contributed by atoms with Gasteiger partial charge in [-0.25, -0.2) is 9.67 Å². The van der Waals surface area contributed by atoms with E-state index >= 15 is 0 Å². The molecule has 0 atom stereocenters. The van der Waals surface area contributed by atoms with Crippen LogP contribution in [0.15, 0.2) is 24.3 Å². The van der Waals surface area contributed by atoms with Gasteiger partial charge in [0.25, 0.3) is 0 Å². The third-order valence-electron chi connectivity index (χ3n) is 4.29. The molecule has 1 aromatic carbocycles. The Balaban J connectivity index is 1.87. The second-order valence-electron chi connectivity index (χ2n) is 6.97. The van der Waals surface area contributed by atoms with Crippen LogP contribution in [0.1, 0.15) is 56.2 Å². The van der Waals surface area contributed by atoms with Gasteiger partial charge in [-0.3, -0.25) is 0 Å². The zero-order valence-corrected chi connectivity index (χ0v) is 14.1. The molecule has 0 radical (unpaired) electrons. The number of aliphatic hydroxyl groups is 1. The average molecular weight is 315 g/mol. The molecular weight excluding hydrogens is 290 g/mol. The van der Waals surface area contributed by atoms with Crippen LogP contribution in [-0.4, -0.2) is 32.6 Å². The van der Waals surface area contributed by atoms with Crippen LogP contribution in [0.25, 0.3) is 0 Å². The average Bonchev–Trinajstić information content (AvgIpc) is 2.78. The minimum absolute atomic E-state index is 0.470. The van der Waals surface area contributed by atoms with Crippen LogP contribution in [0, 0.1) is 0 Å². The first kappa shape index (κ1) is 16.0.